The predicted molar refractivity (Wildman–Crippen MR) is 101 cm³/mol. The second kappa shape index (κ2) is 7.96. The SMILES string of the molecule is O=C([C@H](c1ccccc1)n1cccc1)N1CCN(C(=O)[C@H]2CCCO2)CC1. The summed E-state index contributed by atoms with van der Waals surface area (Å²) in [6, 6.07) is 13.3. The summed E-state index contributed by atoms with van der Waals surface area (Å²) in [5.74, 6) is 0.145. The van der Waals surface area contributed by atoms with E-state index in [0.29, 0.717) is 32.8 Å². The molecule has 0 N–H and O–H groups in total. The van der Waals surface area contributed by atoms with Crippen LogP contribution < -0.4 is 0 Å². The second-order valence-electron chi connectivity index (χ2n) is 7.10. The van der Waals surface area contributed by atoms with Crippen molar-refractivity contribution in [3.63, 3.8) is 0 Å². The minimum absolute atomic E-state index is 0.0709. The van der Waals surface area contributed by atoms with E-state index in [4.69, 9.17) is 4.74 Å². The van der Waals surface area contributed by atoms with E-state index < -0.39 is 0 Å². The van der Waals surface area contributed by atoms with Crippen LogP contribution in [0.25, 0.3) is 0 Å². The van der Waals surface area contributed by atoms with Gasteiger partial charge in [0.2, 0.25) is 5.91 Å². The van der Waals surface area contributed by atoms with E-state index in [0.717, 1.165) is 18.4 Å². The Morgan fingerprint density at radius 3 is 2.22 bits per heavy atom. The molecule has 0 saturated carbocycles. The second-order valence-corrected chi connectivity index (χ2v) is 7.10. The first-order chi connectivity index (χ1) is 13.2. The zero-order chi connectivity index (χ0) is 18.6. The molecule has 0 radical (unpaired) electrons. The number of piperazine rings is 1. The van der Waals surface area contributed by atoms with Crippen LogP contribution in [0.4, 0.5) is 0 Å². The van der Waals surface area contributed by atoms with Crippen LogP contribution in [0.5, 0.6) is 0 Å². The molecule has 2 amide bonds. The lowest BCUT2D eigenvalue weighted by Crippen LogP contribution is -2.54. The monoisotopic (exact) mass is 367 g/mol. The Kier molecular flexibility index (Phi) is 5.25. The van der Waals surface area contributed by atoms with Crippen molar-refractivity contribution in [3.05, 3.63) is 60.4 Å². The van der Waals surface area contributed by atoms with Crippen LogP contribution in [-0.2, 0) is 14.3 Å². The summed E-state index contributed by atoms with van der Waals surface area (Å²) >= 11 is 0. The Labute approximate surface area is 159 Å². The fourth-order valence-corrected chi connectivity index (χ4v) is 3.89. The molecule has 3 heterocycles. The van der Waals surface area contributed by atoms with E-state index in [2.05, 4.69) is 0 Å². The topological polar surface area (TPSA) is 54.8 Å². The lowest BCUT2D eigenvalue weighted by molar-refractivity contribution is -0.146. The van der Waals surface area contributed by atoms with Gasteiger partial charge in [-0.1, -0.05) is 30.3 Å². The Balaban J connectivity index is 1.45. The number of aromatic nitrogens is 1. The number of benzene rings is 1. The van der Waals surface area contributed by atoms with Crippen LogP contribution in [0.15, 0.2) is 54.9 Å². The zero-order valence-corrected chi connectivity index (χ0v) is 15.4. The number of carbonyl (C=O) groups is 2. The summed E-state index contributed by atoms with van der Waals surface area (Å²) in [7, 11) is 0. The fourth-order valence-electron chi connectivity index (χ4n) is 3.89. The number of hydrogen-bond donors (Lipinski definition) is 0. The maximum atomic E-state index is 13.3. The molecule has 0 unspecified atom stereocenters. The highest BCUT2D eigenvalue weighted by Crippen LogP contribution is 2.23. The van der Waals surface area contributed by atoms with Crippen molar-refractivity contribution >= 4 is 11.8 Å². The largest absolute Gasteiger partial charge is 0.368 e. The minimum atomic E-state index is -0.374. The molecular weight excluding hydrogens is 342 g/mol. The first kappa shape index (κ1) is 17.8. The van der Waals surface area contributed by atoms with Crippen molar-refractivity contribution in [2.24, 2.45) is 0 Å². The molecule has 2 aliphatic rings. The van der Waals surface area contributed by atoms with Gasteiger partial charge in [0.05, 0.1) is 0 Å². The van der Waals surface area contributed by atoms with Crippen molar-refractivity contribution in [2.75, 3.05) is 32.8 Å². The van der Waals surface area contributed by atoms with Gasteiger partial charge in [-0.3, -0.25) is 9.59 Å². The highest BCUT2D eigenvalue weighted by atomic mass is 16.5. The van der Waals surface area contributed by atoms with Gasteiger partial charge >= 0.3 is 0 Å². The molecule has 6 nitrogen and oxygen atoms in total. The molecule has 1 aromatic heterocycles. The maximum Gasteiger partial charge on any atom is 0.251 e. The van der Waals surface area contributed by atoms with Crippen LogP contribution in [0.1, 0.15) is 24.4 Å². The number of hydrogen-bond acceptors (Lipinski definition) is 3. The fraction of sp³-hybridized carbons (Fsp3) is 0.429. The molecule has 4 rings (SSSR count). The standard InChI is InChI=1S/C21H25N3O3/c25-20(18-9-6-16-27-18)23-12-14-24(15-13-23)21(26)19(22-10-4-5-11-22)17-7-2-1-3-8-17/h1-5,7-8,10-11,18-19H,6,9,12-16H2/t18-,19+/m1/s1. The maximum absolute atomic E-state index is 13.3. The highest BCUT2D eigenvalue weighted by Gasteiger charge is 2.33. The van der Waals surface area contributed by atoms with Crippen molar-refractivity contribution in [1.82, 2.24) is 14.4 Å². The van der Waals surface area contributed by atoms with Crippen molar-refractivity contribution in [2.45, 2.75) is 25.0 Å². The first-order valence-electron chi connectivity index (χ1n) is 9.60. The van der Waals surface area contributed by atoms with Crippen molar-refractivity contribution in [1.29, 1.82) is 0 Å². The average molecular weight is 367 g/mol. The molecule has 1 aromatic carbocycles. The molecule has 2 aromatic rings. The number of rotatable bonds is 4. The third kappa shape index (κ3) is 3.76. The predicted octanol–water partition coefficient (Wildman–Crippen LogP) is 1.93. The van der Waals surface area contributed by atoms with Gasteiger partial charge in [-0.05, 0) is 30.5 Å². The molecule has 2 fully saturated rings. The summed E-state index contributed by atoms with van der Waals surface area (Å²) in [5.41, 5.74) is 0.969. The van der Waals surface area contributed by atoms with Crippen LogP contribution >= 0.6 is 0 Å². The van der Waals surface area contributed by atoms with Gasteiger partial charge in [0.25, 0.3) is 5.91 Å². The summed E-state index contributed by atoms with van der Waals surface area (Å²) in [4.78, 5) is 29.5. The van der Waals surface area contributed by atoms with Gasteiger partial charge in [-0.15, -0.1) is 0 Å². The van der Waals surface area contributed by atoms with E-state index in [1.54, 1.807) is 0 Å². The summed E-state index contributed by atoms with van der Waals surface area (Å²) in [6.45, 7) is 2.92. The van der Waals surface area contributed by atoms with Crippen molar-refractivity contribution in [3.8, 4) is 0 Å². The molecule has 0 bridgehead atoms. The molecule has 0 aliphatic carbocycles. The van der Waals surface area contributed by atoms with Gasteiger partial charge in [-0.2, -0.15) is 0 Å². The van der Waals surface area contributed by atoms with Gasteiger partial charge in [-0.25, -0.2) is 0 Å². The van der Waals surface area contributed by atoms with Crippen LogP contribution in [-0.4, -0.2) is 65.1 Å². The van der Waals surface area contributed by atoms with Crippen LogP contribution in [0, 0.1) is 0 Å². The molecule has 27 heavy (non-hydrogen) atoms. The number of carbonyl (C=O) groups excluding carboxylic acids is 2. The quantitative estimate of drug-likeness (QED) is 0.830. The van der Waals surface area contributed by atoms with Crippen LogP contribution in [0.3, 0.4) is 0 Å². The molecule has 2 atom stereocenters. The third-order valence-electron chi connectivity index (χ3n) is 5.38. The van der Waals surface area contributed by atoms with Gasteiger partial charge in [0.15, 0.2) is 0 Å². The van der Waals surface area contributed by atoms with Gasteiger partial charge in [0.1, 0.15) is 12.1 Å². The highest BCUT2D eigenvalue weighted by molar-refractivity contribution is 5.85. The molecule has 142 valence electrons. The number of amides is 2. The van der Waals surface area contributed by atoms with Crippen molar-refractivity contribution < 1.29 is 14.3 Å². The molecule has 2 saturated heterocycles. The lowest BCUT2D eigenvalue weighted by Gasteiger charge is -2.37. The van der Waals surface area contributed by atoms with E-state index in [1.165, 1.54) is 0 Å². The first-order valence-corrected chi connectivity index (χ1v) is 9.60. The Morgan fingerprint density at radius 2 is 1.59 bits per heavy atom. The minimum Gasteiger partial charge on any atom is -0.368 e. The van der Waals surface area contributed by atoms with Gasteiger partial charge < -0.3 is 19.1 Å². The zero-order valence-electron chi connectivity index (χ0n) is 15.4. The normalized spacial score (nSPS) is 21.3. The van der Waals surface area contributed by atoms with E-state index in [1.807, 2.05) is 69.2 Å². The smallest absolute Gasteiger partial charge is 0.251 e. The summed E-state index contributed by atoms with van der Waals surface area (Å²) in [5, 5.41) is 0. The Hall–Kier alpha value is -2.60. The Bertz CT molecular complexity index is 761. The van der Waals surface area contributed by atoms with E-state index >= 15 is 0 Å². The van der Waals surface area contributed by atoms with E-state index in [9.17, 15) is 9.59 Å². The van der Waals surface area contributed by atoms with Gasteiger partial charge in [0, 0.05) is 45.2 Å². The number of ether oxygens (including phenoxy) is 1. The third-order valence-corrected chi connectivity index (χ3v) is 5.38. The summed E-state index contributed by atoms with van der Waals surface area (Å²) < 4.78 is 7.46. The molecule has 2 aliphatic heterocycles. The number of nitrogens with zero attached hydrogens (tertiary/aromatic N) is 3. The average Bonchev–Trinajstić information content (AvgIpc) is 3.43. The molecule has 0 spiro atoms. The lowest BCUT2D eigenvalue weighted by atomic mass is 10.0. The molecule has 6 heteroatoms. The van der Waals surface area contributed by atoms with Crippen LogP contribution in [0.2, 0.25) is 0 Å². The molecular formula is C21H25N3O3. The summed E-state index contributed by atoms with van der Waals surface area (Å²) in [6.07, 6.45) is 5.32. The van der Waals surface area contributed by atoms with E-state index in [-0.39, 0.29) is 24.0 Å². The Morgan fingerprint density at radius 1 is 0.926 bits per heavy atom.